The lowest BCUT2D eigenvalue weighted by molar-refractivity contribution is -0.115. The molecule has 1 fully saturated rings. The smallest absolute Gasteiger partial charge is 0.264 e. The molecule has 102 valence electrons. The fourth-order valence-corrected chi connectivity index (χ4v) is 3.06. The second kappa shape index (κ2) is 5.43. The second-order valence-corrected chi connectivity index (χ2v) is 5.59. The lowest BCUT2D eigenvalue weighted by Crippen LogP contribution is -2.19. The number of nitrogens with zero attached hydrogens (tertiary/aromatic N) is 2. The third kappa shape index (κ3) is 2.54. The van der Waals surface area contributed by atoms with Crippen LogP contribution in [0, 0.1) is 11.5 Å². The Balaban J connectivity index is 2.05. The molecule has 5 heteroatoms. The Labute approximate surface area is 126 Å². The number of hydrogen-bond donors (Lipinski definition) is 1. The van der Waals surface area contributed by atoms with Gasteiger partial charge >= 0.3 is 0 Å². The van der Waals surface area contributed by atoms with E-state index in [1.54, 1.807) is 6.19 Å². The minimum Gasteiger partial charge on any atom is -0.300 e. The van der Waals surface area contributed by atoms with Crippen LogP contribution < -0.4 is 5.32 Å². The molecule has 0 unspecified atom stereocenters. The van der Waals surface area contributed by atoms with Crippen molar-refractivity contribution in [3.05, 3.63) is 52.9 Å². The van der Waals surface area contributed by atoms with E-state index in [9.17, 15) is 4.79 Å². The molecule has 1 N–H and O–H groups in total. The minimum atomic E-state index is -0.209. The molecule has 0 atom stereocenters. The number of nitriles is 1. The van der Waals surface area contributed by atoms with Gasteiger partial charge in [0.15, 0.2) is 5.17 Å². The van der Waals surface area contributed by atoms with E-state index in [0.717, 1.165) is 21.9 Å². The third-order valence-corrected chi connectivity index (χ3v) is 4.38. The maximum absolute atomic E-state index is 12.0. The molecule has 1 heterocycles. The van der Waals surface area contributed by atoms with E-state index in [0.29, 0.717) is 10.1 Å². The highest BCUT2D eigenvalue weighted by molar-refractivity contribution is 8.18. The van der Waals surface area contributed by atoms with Crippen LogP contribution in [0.5, 0.6) is 0 Å². The van der Waals surface area contributed by atoms with Crippen LogP contribution in [0.3, 0.4) is 0 Å². The van der Waals surface area contributed by atoms with Crippen LogP contribution in [0.1, 0.15) is 12.5 Å². The summed E-state index contributed by atoms with van der Waals surface area (Å²) in [6.45, 7) is 1.90. The summed E-state index contributed by atoms with van der Waals surface area (Å²) < 4.78 is 0. The Morgan fingerprint density at radius 2 is 2.00 bits per heavy atom. The Bertz CT molecular complexity index is 846. The number of aliphatic imine (C=N–C) groups is 1. The van der Waals surface area contributed by atoms with Crippen molar-refractivity contribution in [2.75, 3.05) is 0 Å². The van der Waals surface area contributed by atoms with Crippen molar-refractivity contribution in [1.82, 2.24) is 5.32 Å². The number of hydrogen-bond acceptors (Lipinski definition) is 4. The summed E-state index contributed by atoms with van der Waals surface area (Å²) in [5.41, 5.74) is 1.87. The number of nitrogens with one attached hydrogen (secondary N) is 1. The number of benzene rings is 2. The fraction of sp³-hybridized carbons (Fsp3) is 0.0625. The SMILES string of the molecule is C/C(=C1\SC(=NC#N)NC1=O)c1ccc2ccccc2c1. The molecule has 0 spiro atoms. The molecule has 0 aliphatic carbocycles. The predicted molar refractivity (Wildman–Crippen MR) is 85.3 cm³/mol. The standard InChI is InChI=1S/C16H11N3OS/c1-10(14-15(20)19-16(21-14)18-9-17)12-7-6-11-4-2-3-5-13(11)8-12/h2-8H,1H3,(H,18,19,20)/b14-10+. The Hall–Kier alpha value is -2.58. The first kappa shape index (κ1) is 13.4. The molecule has 4 nitrogen and oxygen atoms in total. The maximum atomic E-state index is 12.0. The zero-order valence-electron chi connectivity index (χ0n) is 11.3. The molecule has 2 aromatic carbocycles. The highest BCUT2D eigenvalue weighted by Gasteiger charge is 2.26. The maximum Gasteiger partial charge on any atom is 0.264 e. The minimum absolute atomic E-state index is 0.209. The first-order valence-corrected chi connectivity index (χ1v) is 7.17. The number of allylic oxidation sites excluding steroid dienone is 1. The molecular formula is C16H11N3OS. The van der Waals surface area contributed by atoms with E-state index >= 15 is 0 Å². The molecule has 0 radical (unpaired) electrons. The quantitative estimate of drug-likeness (QED) is 0.648. The van der Waals surface area contributed by atoms with Crippen LogP contribution in [0.25, 0.3) is 16.3 Å². The van der Waals surface area contributed by atoms with Crippen LogP contribution in [-0.4, -0.2) is 11.1 Å². The van der Waals surface area contributed by atoms with Crippen molar-refractivity contribution >= 4 is 39.2 Å². The number of carbonyl (C=O) groups excluding carboxylic acids is 1. The van der Waals surface area contributed by atoms with Crippen LogP contribution in [0.15, 0.2) is 52.4 Å². The lowest BCUT2D eigenvalue weighted by atomic mass is 10.0. The fourth-order valence-electron chi connectivity index (χ4n) is 2.22. The Morgan fingerprint density at radius 3 is 2.76 bits per heavy atom. The third-order valence-electron chi connectivity index (χ3n) is 3.30. The Kier molecular flexibility index (Phi) is 3.46. The molecule has 1 amide bonds. The largest absolute Gasteiger partial charge is 0.300 e. The van der Waals surface area contributed by atoms with Gasteiger partial charge in [-0.3, -0.25) is 10.1 Å². The molecule has 1 aliphatic heterocycles. The van der Waals surface area contributed by atoms with Gasteiger partial charge in [0.05, 0.1) is 4.91 Å². The van der Waals surface area contributed by atoms with Gasteiger partial charge in [0.2, 0.25) is 6.19 Å². The van der Waals surface area contributed by atoms with Crippen LogP contribution in [0.2, 0.25) is 0 Å². The number of thioether (sulfide) groups is 1. The average molecular weight is 293 g/mol. The number of amidine groups is 1. The molecule has 1 saturated heterocycles. The lowest BCUT2D eigenvalue weighted by Gasteiger charge is -2.06. The van der Waals surface area contributed by atoms with Crippen molar-refractivity contribution in [3.63, 3.8) is 0 Å². The van der Waals surface area contributed by atoms with Crippen LogP contribution in [0.4, 0.5) is 0 Å². The summed E-state index contributed by atoms with van der Waals surface area (Å²) >= 11 is 1.20. The molecule has 1 aliphatic rings. The normalized spacial score (nSPS) is 18.7. The summed E-state index contributed by atoms with van der Waals surface area (Å²) in [4.78, 5) is 16.1. The molecule has 0 bridgehead atoms. The summed E-state index contributed by atoms with van der Waals surface area (Å²) in [5.74, 6) is -0.209. The number of carbonyl (C=O) groups is 1. The average Bonchev–Trinajstić information content (AvgIpc) is 2.87. The van der Waals surface area contributed by atoms with Gasteiger partial charge in [0.25, 0.3) is 5.91 Å². The molecule has 3 rings (SSSR count). The van der Waals surface area contributed by atoms with Crippen molar-refractivity contribution < 1.29 is 4.79 Å². The topological polar surface area (TPSA) is 65.2 Å². The number of amides is 1. The summed E-state index contributed by atoms with van der Waals surface area (Å²) in [7, 11) is 0. The van der Waals surface area contributed by atoms with E-state index < -0.39 is 0 Å². The van der Waals surface area contributed by atoms with Crippen molar-refractivity contribution in [1.29, 1.82) is 5.26 Å². The first-order valence-electron chi connectivity index (χ1n) is 6.35. The van der Waals surface area contributed by atoms with Gasteiger partial charge in [0, 0.05) is 0 Å². The number of rotatable bonds is 1. The number of fused-ring (bicyclic) bond motifs is 1. The summed E-state index contributed by atoms with van der Waals surface area (Å²) in [6.07, 6.45) is 1.68. The van der Waals surface area contributed by atoms with Gasteiger partial charge in [-0.05, 0) is 46.7 Å². The Morgan fingerprint density at radius 1 is 1.24 bits per heavy atom. The van der Waals surface area contributed by atoms with Gasteiger partial charge in [-0.15, -0.1) is 4.99 Å². The molecule has 0 saturated carbocycles. The zero-order valence-corrected chi connectivity index (χ0v) is 12.1. The van der Waals surface area contributed by atoms with E-state index in [4.69, 9.17) is 5.26 Å². The van der Waals surface area contributed by atoms with Gasteiger partial charge < -0.3 is 0 Å². The predicted octanol–water partition coefficient (Wildman–Crippen LogP) is 3.27. The monoisotopic (exact) mass is 293 g/mol. The van der Waals surface area contributed by atoms with E-state index in [2.05, 4.69) is 22.4 Å². The highest BCUT2D eigenvalue weighted by Crippen LogP contribution is 2.32. The summed E-state index contributed by atoms with van der Waals surface area (Å²) in [5, 5.41) is 13.8. The molecule has 0 aromatic heterocycles. The van der Waals surface area contributed by atoms with Crippen molar-refractivity contribution in [2.45, 2.75) is 6.92 Å². The van der Waals surface area contributed by atoms with Gasteiger partial charge in [-0.2, -0.15) is 5.26 Å². The van der Waals surface area contributed by atoms with Crippen LogP contribution >= 0.6 is 11.8 Å². The van der Waals surface area contributed by atoms with Gasteiger partial charge in [-0.1, -0.05) is 36.4 Å². The molecule has 2 aromatic rings. The first-order chi connectivity index (χ1) is 10.2. The van der Waals surface area contributed by atoms with Crippen molar-refractivity contribution in [3.8, 4) is 6.19 Å². The van der Waals surface area contributed by atoms with Crippen molar-refractivity contribution in [2.24, 2.45) is 4.99 Å². The van der Waals surface area contributed by atoms with E-state index in [1.807, 2.05) is 37.3 Å². The van der Waals surface area contributed by atoms with Crippen LogP contribution in [-0.2, 0) is 4.79 Å². The van der Waals surface area contributed by atoms with E-state index in [-0.39, 0.29) is 5.91 Å². The molecular weight excluding hydrogens is 282 g/mol. The molecule has 21 heavy (non-hydrogen) atoms. The second-order valence-electron chi connectivity index (χ2n) is 4.59. The van der Waals surface area contributed by atoms with Gasteiger partial charge in [-0.25, -0.2) is 0 Å². The highest BCUT2D eigenvalue weighted by atomic mass is 32.2. The van der Waals surface area contributed by atoms with E-state index in [1.165, 1.54) is 11.8 Å². The summed E-state index contributed by atoms with van der Waals surface area (Å²) in [6, 6.07) is 14.2. The van der Waals surface area contributed by atoms with Gasteiger partial charge in [0.1, 0.15) is 0 Å². The zero-order chi connectivity index (χ0) is 14.8.